The predicted molar refractivity (Wildman–Crippen MR) is 84.5 cm³/mol. The summed E-state index contributed by atoms with van der Waals surface area (Å²) in [6.45, 7) is 5.15. The first kappa shape index (κ1) is 16.0. The highest BCUT2D eigenvalue weighted by molar-refractivity contribution is 6.31. The molecule has 0 amide bonds. The van der Waals surface area contributed by atoms with Crippen molar-refractivity contribution in [3.8, 4) is 0 Å². The number of aromatic nitrogens is 1. The highest BCUT2D eigenvalue weighted by Crippen LogP contribution is 2.26. The number of nitrogens with zero attached hydrogens (tertiary/aromatic N) is 1. The normalized spacial score (nSPS) is 11.0. The van der Waals surface area contributed by atoms with Crippen LogP contribution in [0, 0.1) is 0 Å². The van der Waals surface area contributed by atoms with E-state index < -0.39 is 0 Å². The van der Waals surface area contributed by atoms with Crippen LogP contribution >= 0.6 is 11.6 Å². The number of benzene rings is 1. The Labute approximate surface area is 130 Å². The van der Waals surface area contributed by atoms with Gasteiger partial charge >= 0.3 is 0 Å². The van der Waals surface area contributed by atoms with Gasteiger partial charge in [-0.15, -0.1) is 0 Å². The van der Waals surface area contributed by atoms with Crippen LogP contribution < -0.4 is 0 Å². The van der Waals surface area contributed by atoms with Gasteiger partial charge in [0.1, 0.15) is 0 Å². The van der Waals surface area contributed by atoms with Crippen LogP contribution in [0.3, 0.4) is 0 Å². The molecule has 0 bridgehead atoms. The van der Waals surface area contributed by atoms with Gasteiger partial charge in [-0.1, -0.05) is 35.9 Å². The van der Waals surface area contributed by atoms with Gasteiger partial charge in [0.05, 0.1) is 5.02 Å². The van der Waals surface area contributed by atoms with Crippen LogP contribution in [0.2, 0.25) is 5.02 Å². The van der Waals surface area contributed by atoms with Crippen molar-refractivity contribution in [2.75, 3.05) is 13.2 Å². The monoisotopic (exact) mass is 305 g/mol. The topological polar surface area (TPSA) is 31.4 Å². The number of hydrogen-bond acceptors (Lipinski definition) is 3. The summed E-state index contributed by atoms with van der Waals surface area (Å²) in [5, 5.41) is 0.677. The second kappa shape index (κ2) is 8.13. The van der Waals surface area contributed by atoms with Gasteiger partial charge in [-0.05, 0) is 37.5 Å². The number of halogens is 1. The third-order valence-corrected chi connectivity index (χ3v) is 3.52. The van der Waals surface area contributed by atoms with Crippen molar-refractivity contribution in [2.24, 2.45) is 0 Å². The number of ether oxygens (including phenoxy) is 2. The van der Waals surface area contributed by atoms with Crippen molar-refractivity contribution < 1.29 is 9.47 Å². The first-order valence-electron chi connectivity index (χ1n) is 7.15. The zero-order chi connectivity index (χ0) is 15.1. The smallest absolute Gasteiger partial charge is 0.184 e. The Bertz CT molecular complexity index is 568. The van der Waals surface area contributed by atoms with Gasteiger partial charge in [0.25, 0.3) is 0 Å². The van der Waals surface area contributed by atoms with E-state index in [2.05, 4.69) is 11.1 Å². The van der Waals surface area contributed by atoms with Crippen molar-refractivity contribution in [2.45, 2.75) is 26.6 Å². The summed E-state index contributed by atoms with van der Waals surface area (Å²) in [6.07, 6.45) is 3.82. The van der Waals surface area contributed by atoms with Crippen molar-refractivity contribution >= 4 is 11.6 Å². The van der Waals surface area contributed by atoms with Crippen LogP contribution in [0.4, 0.5) is 0 Å². The second-order valence-electron chi connectivity index (χ2n) is 4.59. The van der Waals surface area contributed by atoms with Gasteiger partial charge in [-0.2, -0.15) is 0 Å². The highest BCUT2D eigenvalue weighted by atomic mass is 35.5. The average Bonchev–Trinajstić information content (AvgIpc) is 2.50. The molecule has 0 saturated heterocycles. The lowest BCUT2D eigenvalue weighted by atomic mass is 10.00. The van der Waals surface area contributed by atoms with Gasteiger partial charge in [0.2, 0.25) is 0 Å². The van der Waals surface area contributed by atoms with E-state index in [0.29, 0.717) is 18.2 Å². The molecule has 2 rings (SSSR count). The maximum atomic E-state index is 6.20. The minimum Gasteiger partial charge on any atom is -0.349 e. The van der Waals surface area contributed by atoms with Gasteiger partial charge in [-0.25, -0.2) is 0 Å². The molecule has 1 aromatic heterocycles. The Balaban J connectivity index is 2.29. The maximum Gasteiger partial charge on any atom is 0.184 e. The Morgan fingerprint density at radius 1 is 1.05 bits per heavy atom. The summed E-state index contributed by atoms with van der Waals surface area (Å²) in [6, 6.07) is 10.1. The number of hydrogen-bond donors (Lipinski definition) is 0. The molecule has 112 valence electrons. The summed E-state index contributed by atoms with van der Waals surface area (Å²) in [7, 11) is 0. The molecular weight excluding hydrogens is 286 g/mol. The molecule has 0 atom stereocenters. The summed E-state index contributed by atoms with van der Waals surface area (Å²) < 4.78 is 11.4. The highest BCUT2D eigenvalue weighted by Gasteiger charge is 2.16. The molecule has 4 heteroatoms. The molecule has 1 aromatic carbocycles. The Morgan fingerprint density at radius 3 is 2.43 bits per heavy atom. The fourth-order valence-electron chi connectivity index (χ4n) is 2.21. The molecule has 2 aromatic rings. The fraction of sp³-hybridized carbons (Fsp3) is 0.353. The second-order valence-corrected chi connectivity index (χ2v) is 4.99. The largest absolute Gasteiger partial charge is 0.349 e. The SMILES string of the molecule is CCOC(OCC)c1ccccc1Cc1ccncc1Cl. The lowest BCUT2D eigenvalue weighted by Crippen LogP contribution is -2.11. The molecule has 0 radical (unpaired) electrons. The zero-order valence-corrected chi connectivity index (χ0v) is 13.1. The molecule has 0 fully saturated rings. The molecule has 1 heterocycles. The molecule has 3 nitrogen and oxygen atoms in total. The van der Waals surface area contributed by atoms with E-state index in [1.807, 2.05) is 38.1 Å². The molecule has 0 aliphatic carbocycles. The van der Waals surface area contributed by atoms with E-state index in [-0.39, 0.29) is 6.29 Å². The Kier molecular flexibility index (Phi) is 6.18. The van der Waals surface area contributed by atoms with Gasteiger partial charge in [-0.3, -0.25) is 4.98 Å². The third-order valence-electron chi connectivity index (χ3n) is 3.18. The fourth-order valence-corrected chi connectivity index (χ4v) is 2.39. The maximum absolute atomic E-state index is 6.20. The van der Waals surface area contributed by atoms with Crippen LogP contribution in [0.15, 0.2) is 42.7 Å². The van der Waals surface area contributed by atoms with E-state index >= 15 is 0 Å². The van der Waals surface area contributed by atoms with Crippen LogP contribution in [0.1, 0.15) is 36.8 Å². The van der Waals surface area contributed by atoms with Crippen molar-refractivity contribution in [1.82, 2.24) is 4.98 Å². The van der Waals surface area contributed by atoms with Crippen LogP contribution in [0.5, 0.6) is 0 Å². The molecule has 0 aliphatic rings. The third kappa shape index (κ3) is 4.27. The first-order valence-corrected chi connectivity index (χ1v) is 7.53. The van der Waals surface area contributed by atoms with E-state index in [0.717, 1.165) is 23.1 Å². The molecule has 0 N–H and O–H groups in total. The van der Waals surface area contributed by atoms with Crippen molar-refractivity contribution in [3.63, 3.8) is 0 Å². The van der Waals surface area contributed by atoms with Crippen LogP contribution in [0.25, 0.3) is 0 Å². The van der Waals surface area contributed by atoms with Crippen molar-refractivity contribution in [3.05, 3.63) is 64.4 Å². The molecule has 0 saturated carbocycles. The average molecular weight is 306 g/mol. The summed E-state index contributed by atoms with van der Waals surface area (Å²) >= 11 is 6.20. The minimum absolute atomic E-state index is 0.336. The van der Waals surface area contributed by atoms with Gasteiger partial charge in [0.15, 0.2) is 6.29 Å². The lowest BCUT2D eigenvalue weighted by molar-refractivity contribution is -0.140. The quantitative estimate of drug-likeness (QED) is 0.711. The van der Waals surface area contributed by atoms with Gasteiger partial charge in [0, 0.05) is 31.2 Å². The molecule has 21 heavy (non-hydrogen) atoms. The van der Waals surface area contributed by atoms with E-state index in [1.54, 1.807) is 12.4 Å². The zero-order valence-electron chi connectivity index (χ0n) is 12.4. The summed E-state index contributed by atoms with van der Waals surface area (Å²) in [5.41, 5.74) is 3.25. The number of pyridine rings is 1. The number of rotatable bonds is 7. The Hall–Kier alpha value is -1.42. The molecule has 0 unspecified atom stereocenters. The Morgan fingerprint density at radius 2 is 1.76 bits per heavy atom. The van der Waals surface area contributed by atoms with Crippen molar-refractivity contribution in [1.29, 1.82) is 0 Å². The standard InChI is InChI=1S/C17H20ClNO2/c1-3-20-17(21-4-2)15-8-6-5-7-13(15)11-14-9-10-19-12-16(14)18/h5-10,12,17H,3-4,11H2,1-2H3. The van der Waals surface area contributed by atoms with Gasteiger partial charge < -0.3 is 9.47 Å². The first-order chi connectivity index (χ1) is 10.3. The van der Waals surface area contributed by atoms with Crippen LogP contribution in [-0.4, -0.2) is 18.2 Å². The molecule has 0 spiro atoms. The summed E-state index contributed by atoms with van der Waals surface area (Å²) in [4.78, 5) is 4.02. The lowest BCUT2D eigenvalue weighted by Gasteiger charge is -2.20. The molecule has 0 aliphatic heterocycles. The predicted octanol–water partition coefficient (Wildman–Crippen LogP) is 4.40. The minimum atomic E-state index is -0.336. The molecular formula is C17H20ClNO2. The van der Waals surface area contributed by atoms with E-state index in [9.17, 15) is 0 Å². The van der Waals surface area contributed by atoms with Crippen LogP contribution in [-0.2, 0) is 15.9 Å². The van der Waals surface area contributed by atoms with E-state index in [4.69, 9.17) is 21.1 Å². The summed E-state index contributed by atoms with van der Waals surface area (Å²) in [5.74, 6) is 0. The van der Waals surface area contributed by atoms with E-state index in [1.165, 1.54) is 0 Å².